The second-order valence-corrected chi connectivity index (χ2v) is 5.18. The Morgan fingerprint density at radius 3 is 2.50 bits per heavy atom. The van der Waals surface area contributed by atoms with Crippen molar-refractivity contribution in [2.75, 3.05) is 6.61 Å². The van der Waals surface area contributed by atoms with Gasteiger partial charge in [-0.3, -0.25) is 5.84 Å². The standard InChI is InChI=1S/C15H20N2O/c16-17-15(14-7-3-4-8-18-14)13-9-11-5-1-2-6-12(11)10-13/h1-2,5-7,13,15,17H,3-4,8-10,16H2. The zero-order valence-corrected chi connectivity index (χ0v) is 10.6. The maximum absolute atomic E-state index is 5.76. The fraction of sp³-hybridized carbons (Fsp3) is 0.467. The molecule has 0 fully saturated rings. The van der Waals surface area contributed by atoms with E-state index in [9.17, 15) is 0 Å². The summed E-state index contributed by atoms with van der Waals surface area (Å²) in [6.45, 7) is 0.823. The third kappa shape index (κ3) is 2.16. The zero-order valence-electron chi connectivity index (χ0n) is 10.6. The molecule has 1 atom stereocenters. The van der Waals surface area contributed by atoms with E-state index >= 15 is 0 Å². The van der Waals surface area contributed by atoms with E-state index in [0.717, 1.165) is 38.0 Å². The van der Waals surface area contributed by atoms with Crippen LogP contribution >= 0.6 is 0 Å². The number of hydrogen-bond acceptors (Lipinski definition) is 3. The van der Waals surface area contributed by atoms with Crippen LogP contribution in [0.3, 0.4) is 0 Å². The number of hydrogen-bond donors (Lipinski definition) is 2. The van der Waals surface area contributed by atoms with Gasteiger partial charge in [-0.05, 0) is 48.8 Å². The van der Waals surface area contributed by atoms with Crippen LogP contribution in [0.25, 0.3) is 0 Å². The van der Waals surface area contributed by atoms with Crippen molar-refractivity contribution in [2.45, 2.75) is 31.7 Å². The molecule has 0 radical (unpaired) electrons. The van der Waals surface area contributed by atoms with Crippen molar-refractivity contribution >= 4 is 0 Å². The van der Waals surface area contributed by atoms with E-state index in [4.69, 9.17) is 10.6 Å². The van der Waals surface area contributed by atoms with E-state index < -0.39 is 0 Å². The first-order valence-electron chi connectivity index (χ1n) is 6.74. The molecular weight excluding hydrogens is 224 g/mol. The predicted molar refractivity (Wildman–Crippen MR) is 71.7 cm³/mol. The van der Waals surface area contributed by atoms with Gasteiger partial charge in [0.25, 0.3) is 0 Å². The summed E-state index contributed by atoms with van der Waals surface area (Å²) in [5.74, 6) is 7.30. The minimum atomic E-state index is 0.151. The lowest BCUT2D eigenvalue weighted by atomic mass is 9.94. The first kappa shape index (κ1) is 11.8. The quantitative estimate of drug-likeness (QED) is 0.631. The van der Waals surface area contributed by atoms with Gasteiger partial charge in [0.1, 0.15) is 5.76 Å². The van der Waals surface area contributed by atoms with Gasteiger partial charge in [-0.25, -0.2) is 5.43 Å². The number of benzene rings is 1. The first-order valence-corrected chi connectivity index (χ1v) is 6.74. The fourth-order valence-corrected chi connectivity index (χ4v) is 3.07. The monoisotopic (exact) mass is 244 g/mol. The Morgan fingerprint density at radius 1 is 1.22 bits per heavy atom. The van der Waals surface area contributed by atoms with Crippen LogP contribution in [0.5, 0.6) is 0 Å². The highest BCUT2D eigenvalue weighted by molar-refractivity contribution is 5.33. The van der Waals surface area contributed by atoms with E-state index in [2.05, 4.69) is 35.8 Å². The van der Waals surface area contributed by atoms with Crippen LogP contribution in [0.15, 0.2) is 36.1 Å². The lowest BCUT2D eigenvalue weighted by Crippen LogP contribution is -2.43. The number of ether oxygens (including phenoxy) is 1. The second-order valence-electron chi connectivity index (χ2n) is 5.18. The number of nitrogens with two attached hydrogens (primary N) is 1. The summed E-state index contributed by atoms with van der Waals surface area (Å²) in [6, 6.07) is 8.82. The second kappa shape index (κ2) is 5.12. The summed E-state index contributed by atoms with van der Waals surface area (Å²) in [7, 11) is 0. The highest BCUT2D eigenvalue weighted by Gasteiger charge is 2.31. The molecule has 0 spiro atoms. The third-order valence-electron chi connectivity index (χ3n) is 4.00. The van der Waals surface area contributed by atoms with Gasteiger partial charge in [-0.1, -0.05) is 24.3 Å². The van der Waals surface area contributed by atoms with E-state index in [-0.39, 0.29) is 6.04 Å². The Labute approximate surface area is 108 Å². The van der Waals surface area contributed by atoms with Crippen LogP contribution in [0.1, 0.15) is 24.0 Å². The molecular formula is C15H20N2O. The van der Waals surface area contributed by atoms with Gasteiger partial charge in [0.05, 0.1) is 12.6 Å². The number of nitrogens with one attached hydrogen (secondary N) is 1. The molecule has 96 valence electrons. The van der Waals surface area contributed by atoms with Crippen LogP contribution in [-0.2, 0) is 17.6 Å². The van der Waals surface area contributed by atoms with Crippen molar-refractivity contribution in [3.05, 3.63) is 47.2 Å². The molecule has 3 N–H and O–H groups in total. The SMILES string of the molecule is NNC(C1=CCCCO1)C1Cc2ccccc2C1. The molecule has 0 amide bonds. The lowest BCUT2D eigenvalue weighted by molar-refractivity contribution is 0.151. The van der Waals surface area contributed by atoms with Gasteiger partial charge in [-0.2, -0.15) is 0 Å². The van der Waals surface area contributed by atoms with Gasteiger partial charge >= 0.3 is 0 Å². The Kier molecular flexibility index (Phi) is 3.35. The van der Waals surface area contributed by atoms with Crippen molar-refractivity contribution in [2.24, 2.45) is 11.8 Å². The van der Waals surface area contributed by atoms with Crippen LogP contribution in [0.4, 0.5) is 0 Å². The van der Waals surface area contributed by atoms with Crippen LogP contribution in [-0.4, -0.2) is 12.6 Å². The molecule has 2 aliphatic rings. The maximum atomic E-state index is 5.76. The van der Waals surface area contributed by atoms with Crippen molar-refractivity contribution in [3.63, 3.8) is 0 Å². The molecule has 1 aliphatic heterocycles. The van der Waals surface area contributed by atoms with E-state index in [1.165, 1.54) is 11.1 Å². The van der Waals surface area contributed by atoms with E-state index in [0.29, 0.717) is 5.92 Å². The number of rotatable bonds is 3. The van der Waals surface area contributed by atoms with Crippen LogP contribution in [0.2, 0.25) is 0 Å². The Morgan fingerprint density at radius 2 is 1.94 bits per heavy atom. The minimum Gasteiger partial charge on any atom is -0.497 e. The molecule has 3 heteroatoms. The molecule has 1 aliphatic carbocycles. The number of fused-ring (bicyclic) bond motifs is 1. The van der Waals surface area contributed by atoms with Gasteiger partial charge in [0.15, 0.2) is 0 Å². The van der Waals surface area contributed by atoms with Crippen molar-refractivity contribution in [1.82, 2.24) is 5.43 Å². The molecule has 18 heavy (non-hydrogen) atoms. The molecule has 0 saturated carbocycles. The first-order chi connectivity index (χ1) is 8.88. The summed E-state index contributed by atoms with van der Waals surface area (Å²) < 4.78 is 5.76. The summed E-state index contributed by atoms with van der Waals surface area (Å²) in [4.78, 5) is 0. The molecule has 0 saturated heterocycles. The topological polar surface area (TPSA) is 47.3 Å². The molecule has 1 heterocycles. The molecule has 0 bridgehead atoms. The fourth-order valence-electron chi connectivity index (χ4n) is 3.07. The average molecular weight is 244 g/mol. The lowest BCUT2D eigenvalue weighted by Gasteiger charge is -2.27. The van der Waals surface area contributed by atoms with E-state index in [1.54, 1.807) is 0 Å². The number of allylic oxidation sites excluding steroid dienone is 1. The molecule has 1 unspecified atom stereocenters. The van der Waals surface area contributed by atoms with Crippen molar-refractivity contribution < 1.29 is 4.74 Å². The minimum absolute atomic E-state index is 0.151. The molecule has 1 aromatic carbocycles. The summed E-state index contributed by atoms with van der Waals surface area (Å²) >= 11 is 0. The highest BCUT2D eigenvalue weighted by atomic mass is 16.5. The smallest absolute Gasteiger partial charge is 0.111 e. The zero-order chi connectivity index (χ0) is 12.4. The average Bonchev–Trinajstić information content (AvgIpc) is 2.84. The largest absolute Gasteiger partial charge is 0.497 e. The van der Waals surface area contributed by atoms with Gasteiger partial charge < -0.3 is 4.74 Å². The normalized spacial score (nSPS) is 21.1. The van der Waals surface area contributed by atoms with E-state index in [1.807, 2.05) is 0 Å². The van der Waals surface area contributed by atoms with Crippen LogP contribution in [0, 0.1) is 5.92 Å². The van der Waals surface area contributed by atoms with Crippen molar-refractivity contribution in [1.29, 1.82) is 0 Å². The summed E-state index contributed by atoms with van der Waals surface area (Å²) in [5, 5.41) is 0. The summed E-state index contributed by atoms with van der Waals surface area (Å²) in [5.41, 5.74) is 5.87. The molecule has 3 rings (SSSR count). The van der Waals surface area contributed by atoms with Gasteiger partial charge in [-0.15, -0.1) is 0 Å². The van der Waals surface area contributed by atoms with Crippen molar-refractivity contribution in [3.8, 4) is 0 Å². The maximum Gasteiger partial charge on any atom is 0.111 e. The highest BCUT2D eigenvalue weighted by Crippen LogP contribution is 2.31. The molecule has 0 aromatic heterocycles. The summed E-state index contributed by atoms with van der Waals surface area (Å²) in [6.07, 6.45) is 6.59. The Bertz CT molecular complexity index is 431. The third-order valence-corrected chi connectivity index (χ3v) is 4.00. The van der Waals surface area contributed by atoms with Gasteiger partial charge in [0.2, 0.25) is 0 Å². The van der Waals surface area contributed by atoms with Crippen LogP contribution < -0.4 is 11.3 Å². The Balaban J connectivity index is 1.77. The van der Waals surface area contributed by atoms with Gasteiger partial charge in [0, 0.05) is 0 Å². The predicted octanol–water partition coefficient (Wildman–Crippen LogP) is 1.93. The number of hydrazine groups is 1. The molecule has 3 nitrogen and oxygen atoms in total. The molecule has 1 aromatic rings. The Hall–Kier alpha value is -1.32.